The molecule has 1 N–H and O–H groups in total. The predicted molar refractivity (Wildman–Crippen MR) is 101 cm³/mol. The molecule has 6 nitrogen and oxygen atoms in total. The lowest BCUT2D eigenvalue weighted by molar-refractivity contribution is -0.123. The summed E-state index contributed by atoms with van der Waals surface area (Å²) in [6, 6.07) is 15.0. The second-order valence-electron chi connectivity index (χ2n) is 5.64. The Morgan fingerprint density at radius 1 is 1.19 bits per heavy atom. The molecule has 0 aliphatic rings. The zero-order chi connectivity index (χ0) is 18.4. The first-order valence-corrected chi connectivity index (χ1v) is 8.10. The molecule has 2 aromatic carbocycles. The number of aryl methyl sites for hydroxylation is 1. The van der Waals surface area contributed by atoms with Gasteiger partial charge in [0.15, 0.2) is 6.61 Å². The number of carbonyl (C=O) groups is 1. The molecular weight excluding hydrogens is 330 g/mol. The summed E-state index contributed by atoms with van der Waals surface area (Å²) < 4.78 is 10.8. The number of pyridine rings is 1. The van der Waals surface area contributed by atoms with Crippen molar-refractivity contribution in [1.29, 1.82) is 0 Å². The van der Waals surface area contributed by atoms with Gasteiger partial charge in [0.05, 0.1) is 13.3 Å². The van der Waals surface area contributed by atoms with E-state index in [2.05, 4.69) is 15.5 Å². The third-order valence-electron chi connectivity index (χ3n) is 3.78. The zero-order valence-electron chi connectivity index (χ0n) is 14.6. The molecular formula is C20H19N3O3. The molecule has 132 valence electrons. The van der Waals surface area contributed by atoms with E-state index in [1.807, 2.05) is 49.4 Å². The van der Waals surface area contributed by atoms with Crippen LogP contribution in [0.4, 0.5) is 0 Å². The number of hydrogen-bond donors (Lipinski definition) is 1. The van der Waals surface area contributed by atoms with Gasteiger partial charge in [-0.1, -0.05) is 18.2 Å². The first kappa shape index (κ1) is 17.4. The number of ether oxygens (including phenoxy) is 2. The Balaban J connectivity index is 1.56. The molecule has 0 bridgehead atoms. The number of aromatic nitrogens is 1. The van der Waals surface area contributed by atoms with Crippen LogP contribution in [-0.2, 0) is 4.79 Å². The molecule has 1 aromatic heterocycles. The van der Waals surface area contributed by atoms with Gasteiger partial charge in [-0.3, -0.25) is 9.78 Å². The molecule has 0 aliphatic heterocycles. The summed E-state index contributed by atoms with van der Waals surface area (Å²) in [5, 5.41) is 4.91. The fraction of sp³-hybridized carbons (Fsp3) is 0.150. The number of carbonyl (C=O) groups excluding carboxylic acids is 1. The van der Waals surface area contributed by atoms with E-state index < -0.39 is 0 Å². The largest absolute Gasteiger partial charge is 0.496 e. The van der Waals surface area contributed by atoms with Crippen LogP contribution in [0.3, 0.4) is 0 Å². The number of nitrogens with zero attached hydrogens (tertiary/aromatic N) is 2. The average Bonchev–Trinajstić information content (AvgIpc) is 2.66. The predicted octanol–water partition coefficient (Wildman–Crippen LogP) is 3.08. The minimum atomic E-state index is -0.348. The number of amides is 1. The van der Waals surface area contributed by atoms with E-state index in [4.69, 9.17) is 9.47 Å². The van der Waals surface area contributed by atoms with Crippen LogP contribution in [0.15, 0.2) is 59.8 Å². The molecule has 1 amide bonds. The normalized spacial score (nSPS) is 10.8. The van der Waals surface area contributed by atoms with E-state index in [1.54, 1.807) is 25.6 Å². The van der Waals surface area contributed by atoms with Gasteiger partial charge >= 0.3 is 0 Å². The second-order valence-corrected chi connectivity index (χ2v) is 5.64. The lowest BCUT2D eigenvalue weighted by Gasteiger charge is -2.07. The highest BCUT2D eigenvalue weighted by Gasteiger charge is 2.06. The van der Waals surface area contributed by atoms with Gasteiger partial charge in [-0.25, -0.2) is 5.43 Å². The molecule has 0 aliphatic carbocycles. The standard InChI is InChI=1S/C20H19N3O3/c1-14-11-15(8-9-17(14)25-2)12-22-23-19(24)13-26-18-7-3-5-16-6-4-10-21-20(16)18/h3-12H,13H2,1-2H3,(H,23,24)/b22-12-. The number of nitrogens with one attached hydrogen (secondary N) is 1. The summed E-state index contributed by atoms with van der Waals surface area (Å²) in [5.74, 6) is 1.02. The van der Waals surface area contributed by atoms with Gasteiger partial charge in [0.2, 0.25) is 0 Å². The molecule has 0 unspecified atom stereocenters. The Bertz CT molecular complexity index is 949. The number of methoxy groups -OCH3 is 1. The number of fused-ring (bicyclic) bond motifs is 1. The van der Waals surface area contributed by atoms with Crippen LogP contribution in [0.2, 0.25) is 0 Å². The number of hydrogen-bond acceptors (Lipinski definition) is 5. The van der Waals surface area contributed by atoms with Gasteiger partial charge in [-0.15, -0.1) is 0 Å². The van der Waals surface area contributed by atoms with Crippen molar-refractivity contribution in [3.05, 3.63) is 65.9 Å². The van der Waals surface area contributed by atoms with Gasteiger partial charge < -0.3 is 9.47 Å². The second kappa shape index (κ2) is 8.11. The van der Waals surface area contributed by atoms with E-state index in [9.17, 15) is 4.79 Å². The summed E-state index contributed by atoms with van der Waals surface area (Å²) in [6.45, 7) is 1.80. The Morgan fingerprint density at radius 2 is 2.04 bits per heavy atom. The molecule has 0 saturated heterocycles. The summed E-state index contributed by atoms with van der Waals surface area (Å²) >= 11 is 0. The van der Waals surface area contributed by atoms with Crippen molar-refractivity contribution in [1.82, 2.24) is 10.4 Å². The lowest BCUT2D eigenvalue weighted by Crippen LogP contribution is -2.24. The number of rotatable bonds is 6. The summed E-state index contributed by atoms with van der Waals surface area (Å²) in [7, 11) is 1.63. The fourth-order valence-electron chi connectivity index (χ4n) is 2.53. The number of para-hydroxylation sites is 1. The number of hydrazone groups is 1. The Morgan fingerprint density at radius 3 is 2.85 bits per heavy atom. The van der Waals surface area contributed by atoms with Gasteiger partial charge in [-0.05, 0) is 48.4 Å². The average molecular weight is 349 g/mol. The molecule has 0 atom stereocenters. The van der Waals surface area contributed by atoms with Crippen molar-refractivity contribution in [2.75, 3.05) is 13.7 Å². The van der Waals surface area contributed by atoms with Gasteiger partial charge in [0, 0.05) is 11.6 Å². The monoisotopic (exact) mass is 349 g/mol. The maximum atomic E-state index is 11.9. The minimum absolute atomic E-state index is 0.144. The SMILES string of the molecule is COc1ccc(/C=N\NC(=O)COc2cccc3cccnc23)cc1C. The van der Waals surface area contributed by atoms with Crippen LogP contribution in [0.1, 0.15) is 11.1 Å². The first-order chi connectivity index (χ1) is 12.7. The highest BCUT2D eigenvalue weighted by Crippen LogP contribution is 2.22. The van der Waals surface area contributed by atoms with Crippen LogP contribution >= 0.6 is 0 Å². The molecule has 3 aromatic rings. The fourth-order valence-corrected chi connectivity index (χ4v) is 2.53. The van der Waals surface area contributed by atoms with Crippen LogP contribution in [0.5, 0.6) is 11.5 Å². The van der Waals surface area contributed by atoms with Crippen LogP contribution < -0.4 is 14.9 Å². The van der Waals surface area contributed by atoms with E-state index in [-0.39, 0.29) is 12.5 Å². The van der Waals surface area contributed by atoms with Crippen molar-refractivity contribution < 1.29 is 14.3 Å². The lowest BCUT2D eigenvalue weighted by atomic mass is 10.1. The van der Waals surface area contributed by atoms with Crippen molar-refractivity contribution in [3.8, 4) is 11.5 Å². The molecule has 0 fully saturated rings. The summed E-state index contributed by atoms with van der Waals surface area (Å²) in [4.78, 5) is 16.2. The summed E-state index contributed by atoms with van der Waals surface area (Å²) in [6.07, 6.45) is 3.26. The van der Waals surface area contributed by atoms with Crippen molar-refractivity contribution >= 4 is 23.0 Å². The zero-order valence-corrected chi connectivity index (χ0v) is 14.6. The van der Waals surface area contributed by atoms with Gasteiger partial charge in [-0.2, -0.15) is 5.10 Å². The Hall–Kier alpha value is -3.41. The third-order valence-corrected chi connectivity index (χ3v) is 3.78. The van der Waals surface area contributed by atoms with Crippen molar-refractivity contribution in [2.45, 2.75) is 6.92 Å². The maximum absolute atomic E-state index is 11.9. The topological polar surface area (TPSA) is 72.8 Å². The molecule has 0 spiro atoms. The minimum Gasteiger partial charge on any atom is -0.496 e. The first-order valence-electron chi connectivity index (χ1n) is 8.10. The Kier molecular flexibility index (Phi) is 5.43. The number of benzene rings is 2. The molecule has 0 saturated carbocycles. The van der Waals surface area contributed by atoms with Crippen LogP contribution in [0, 0.1) is 6.92 Å². The van der Waals surface area contributed by atoms with Crippen LogP contribution in [0.25, 0.3) is 10.9 Å². The highest BCUT2D eigenvalue weighted by molar-refractivity contribution is 5.85. The molecule has 1 heterocycles. The third kappa shape index (κ3) is 4.16. The maximum Gasteiger partial charge on any atom is 0.277 e. The molecule has 0 radical (unpaired) electrons. The van der Waals surface area contributed by atoms with E-state index in [0.29, 0.717) is 5.75 Å². The van der Waals surface area contributed by atoms with Gasteiger partial charge in [0.1, 0.15) is 17.0 Å². The quantitative estimate of drug-likeness (QED) is 0.548. The van der Waals surface area contributed by atoms with E-state index in [1.165, 1.54) is 0 Å². The van der Waals surface area contributed by atoms with E-state index in [0.717, 1.165) is 27.8 Å². The van der Waals surface area contributed by atoms with Crippen LogP contribution in [-0.4, -0.2) is 30.8 Å². The highest BCUT2D eigenvalue weighted by atomic mass is 16.5. The molecule has 26 heavy (non-hydrogen) atoms. The van der Waals surface area contributed by atoms with Crippen molar-refractivity contribution in [3.63, 3.8) is 0 Å². The molecule has 3 rings (SSSR count). The smallest absolute Gasteiger partial charge is 0.277 e. The van der Waals surface area contributed by atoms with Gasteiger partial charge in [0.25, 0.3) is 5.91 Å². The Labute approximate surface area is 151 Å². The van der Waals surface area contributed by atoms with Crippen molar-refractivity contribution in [2.24, 2.45) is 5.10 Å². The summed E-state index contributed by atoms with van der Waals surface area (Å²) in [5.41, 5.74) is 5.03. The van der Waals surface area contributed by atoms with E-state index >= 15 is 0 Å². The molecule has 6 heteroatoms.